The van der Waals surface area contributed by atoms with Crippen molar-refractivity contribution in [3.8, 4) is 0 Å². The number of hydrogen-bond donors (Lipinski definition) is 2. The SMILES string of the molecule is Cn1c([C@H]2CCCCN2C(=O)C[C@@H]2NC(=O)c3ccccc3NC2=O)nc2ccccc21. The van der Waals surface area contributed by atoms with Gasteiger partial charge in [-0.1, -0.05) is 24.3 Å². The molecule has 8 nitrogen and oxygen atoms in total. The Bertz CT molecular complexity index is 1220. The first kappa shape index (κ1) is 20.2. The van der Waals surface area contributed by atoms with Crippen LogP contribution in [-0.4, -0.2) is 44.8 Å². The summed E-state index contributed by atoms with van der Waals surface area (Å²) in [6.07, 6.45) is 2.64. The van der Waals surface area contributed by atoms with Crippen LogP contribution in [0.5, 0.6) is 0 Å². The van der Waals surface area contributed by atoms with Crippen molar-refractivity contribution >= 4 is 34.4 Å². The lowest BCUT2D eigenvalue weighted by Gasteiger charge is -2.36. The number of aryl methyl sites for hydroxylation is 1. The van der Waals surface area contributed by atoms with Gasteiger partial charge in [-0.05, 0) is 43.5 Å². The Morgan fingerprint density at radius 2 is 1.88 bits per heavy atom. The molecule has 1 aromatic heterocycles. The van der Waals surface area contributed by atoms with Gasteiger partial charge >= 0.3 is 0 Å². The van der Waals surface area contributed by atoms with E-state index in [0.717, 1.165) is 36.1 Å². The second kappa shape index (κ2) is 8.11. The molecule has 164 valence electrons. The number of fused-ring (bicyclic) bond motifs is 2. The van der Waals surface area contributed by atoms with Crippen LogP contribution in [0.3, 0.4) is 0 Å². The molecule has 2 aromatic carbocycles. The number of nitrogens with zero attached hydrogens (tertiary/aromatic N) is 3. The molecule has 0 bridgehead atoms. The molecule has 2 atom stereocenters. The van der Waals surface area contributed by atoms with E-state index in [1.807, 2.05) is 40.8 Å². The first-order valence-corrected chi connectivity index (χ1v) is 10.9. The standard InChI is InChI=1S/C24H25N5O3/c1-28-19-11-5-4-10-17(19)25-22(28)20-12-6-7-13-29(20)21(30)14-18-24(32)26-16-9-3-2-8-15(16)23(31)27-18/h2-5,8-11,18,20H,6-7,12-14H2,1H3,(H,26,32)(H,27,31)/t18-,20+/m0/s1. The van der Waals surface area contributed by atoms with E-state index in [4.69, 9.17) is 4.98 Å². The average molecular weight is 431 g/mol. The summed E-state index contributed by atoms with van der Waals surface area (Å²) in [5.41, 5.74) is 2.77. The van der Waals surface area contributed by atoms with E-state index >= 15 is 0 Å². The van der Waals surface area contributed by atoms with Crippen LogP contribution in [0.4, 0.5) is 5.69 Å². The number of para-hydroxylation sites is 3. The van der Waals surface area contributed by atoms with Crippen LogP contribution in [0.25, 0.3) is 11.0 Å². The normalized spacial score (nSPS) is 21.0. The van der Waals surface area contributed by atoms with Gasteiger partial charge in [-0.2, -0.15) is 0 Å². The number of carbonyl (C=O) groups is 3. The number of benzene rings is 2. The average Bonchev–Trinajstić information content (AvgIpc) is 3.09. The summed E-state index contributed by atoms with van der Waals surface area (Å²) in [4.78, 5) is 45.4. The van der Waals surface area contributed by atoms with Gasteiger partial charge in [0.1, 0.15) is 11.9 Å². The van der Waals surface area contributed by atoms with Crippen molar-refractivity contribution < 1.29 is 14.4 Å². The molecule has 3 heterocycles. The third kappa shape index (κ3) is 3.51. The zero-order valence-electron chi connectivity index (χ0n) is 17.9. The highest BCUT2D eigenvalue weighted by Gasteiger charge is 2.35. The zero-order valence-corrected chi connectivity index (χ0v) is 17.9. The maximum absolute atomic E-state index is 13.4. The van der Waals surface area contributed by atoms with E-state index in [9.17, 15) is 14.4 Å². The van der Waals surface area contributed by atoms with Gasteiger partial charge in [-0.25, -0.2) is 4.98 Å². The molecule has 1 saturated heterocycles. The lowest BCUT2D eigenvalue weighted by molar-refractivity contribution is -0.137. The fraction of sp³-hybridized carbons (Fsp3) is 0.333. The molecule has 2 aliphatic rings. The number of carbonyl (C=O) groups excluding carboxylic acids is 3. The molecule has 3 aromatic rings. The number of amides is 3. The predicted octanol–water partition coefficient (Wildman–Crippen LogP) is 2.77. The summed E-state index contributed by atoms with van der Waals surface area (Å²) in [5.74, 6) is -0.0515. The molecule has 3 amide bonds. The first-order chi connectivity index (χ1) is 15.5. The van der Waals surface area contributed by atoms with Crippen molar-refractivity contribution in [2.24, 2.45) is 7.05 Å². The number of nitrogens with one attached hydrogen (secondary N) is 2. The van der Waals surface area contributed by atoms with Crippen molar-refractivity contribution in [3.05, 3.63) is 59.9 Å². The Balaban J connectivity index is 1.38. The summed E-state index contributed by atoms with van der Waals surface area (Å²) in [6.45, 7) is 0.606. The third-order valence-corrected chi connectivity index (χ3v) is 6.37. The minimum absolute atomic E-state index is 0.0913. The number of rotatable bonds is 3. The Labute approximate surface area is 185 Å². The van der Waals surface area contributed by atoms with Crippen molar-refractivity contribution in [1.29, 1.82) is 0 Å². The molecule has 0 radical (unpaired) electrons. The lowest BCUT2D eigenvalue weighted by atomic mass is 10.00. The summed E-state index contributed by atoms with van der Waals surface area (Å²) in [7, 11) is 1.97. The number of likely N-dealkylation sites (tertiary alicyclic amines) is 1. The minimum Gasteiger partial charge on any atom is -0.340 e. The highest BCUT2D eigenvalue weighted by Crippen LogP contribution is 2.33. The quantitative estimate of drug-likeness (QED) is 0.667. The number of aromatic nitrogens is 2. The maximum atomic E-state index is 13.4. The molecule has 0 unspecified atom stereocenters. The Morgan fingerprint density at radius 1 is 1.09 bits per heavy atom. The molecule has 0 spiro atoms. The number of anilines is 1. The third-order valence-electron chi connectivity index (χ3n) is 6.37. The van der Waals surface area contributed by atoms with Gasteiger partial charge < -0.3 is 20.1 Å². The molecular formula is C24H25N5O3. The highest BCUT2D eigenvalue weighted by atomic mass is 16.2. The van der Waals surface area contributed by atoms with E-state index < -0.39 is 6.04 Å². The summed E-state index contributed by atoms with van der Waals surface area (Å²) >= 11 is 0. The second-order valence-corrected chi connectivity index (χ2v) is 8.38. The maximum Gasteiger partial charge on any atom is 0.254 e. The molecule has 8 heteroatoms. The molecule has 0 aliphatic carbocycles. The van der Waals surface area contributed by atoms with Crippen molar-refractivity contribution in [3.63, 3.8) is 0 Å². The highest BCUT2D eigenvalue weighted by molar-refractivity contribution is 6.10. The second-order valence-electron chi connectivity index (χ2n) is 8.38. The van der Waals surface area contributed by atoms with Crippen LogP contribution in [0.1, 0.15) is 47.9 Å². The molecule has 5 rings (SSSR count). The van der Waals surface area contributed by atoms with Crippen LogP contribution >= 0.6 is 0 Å². The fourth-order valence-corrected chi connectivity index (χ4v) is 4.71. The number of hydrogen-bond acceptors (Lipinski definition) is 4. The summed E-state index contributed by atoms with van der Waals surface area (Å²) in [6, 6.07) is 13.7. The van der Waals surface area contributed by atoms with Crippen molar-refractivity contribution in [2.75, 3.05) is 11.9 Å². The van der Waals surface area contributed by atoms with Gasteiger partial charge in [0.05, 0.1) is 34.7 Å². The van der Waals surface area contributed by atoms with Gasteiger partial charge in [-0.3, -0.25) is 14.4 Å². The van der Waals surface area contributed by atoms with E-state index in [-0.39, 0.29) is 30.2 Å². The molecule has 2 aliphatic heterocycles. The van der Waals surface area contributed by atoms with Gasteiger partial charge in [0, 0.05) is 13.6 Å². The van der Waals surface area contributed by atoms with Gasteiger partial charge in [0.2, 0.25) is 11.8 Å². The Hall–Kier alpha value is -3.68. The summed E-state index contributed by atoms with van der Waals surface area (Å²) < 4.78 is 2.04. The Kier molecular flexibility index (Phi) is 5.13. The summed E-state index contributed by atoms with van der Waals surface area (Å²) in [5, 5.41) is 5.49. The molecule has 2 N–H and O–H groups in total. The largest absolute Gasteiger partial charge is 0.340 e. The van der Waals surface area contributed by atoms with E-state index in [2.05, 4.69) is 10.6 Å². The van der Waals surface area contributed by atoms with Crippen LogP contribution in [0.15, 0.2) is 48.5 Å². The fourth-order valence-electron chi connectivity index (χ4n) is 4.71. The number of piperidine rings is 1. The van der Waals surface area contributed by atoms with Crippen molar-refractivity contribution in [1.82, 2.24) is 19.8 Å². The predicted molar refractivity (Wildman–Crippen MR) is 120 cm³/mol. The molecular weight excluding hydrogens is 406 g/mol. The topological polar surface area (TPSA) is 96.3 Å². The van der Waals surface area contributed by atoms with Gasteiger partial charge in [0.25, 0.3) is 5.91 Å². The monoisotopic (exact) mass is 431 g/mol. The molecule has 0 saturated carbocycles. The Morgan fingerprint density at radius 3 is 2.72 bits per heavy atom. The molecule has 32 heavy (non-hydrogen) atoms. The van der Waals surface area contributed by atoms with Crippen molar-refractivity contribution in [2.45, 2.75) is 37.8 Å². The smallest absolute Gasteiger partial charge is 0.254 e. The van der Waals surface area contributed by atoms with Crippen LogP contribution in [-0.2, 0) is 16.6 Å². The molecule has 1 fully saturated rings. The van der Waals surface area contributed by atoms with Gasteiger partial charge in [0.15, 0.2) is 0 Å². The number of imidazole rings is 1. The zero-order chi connectivity index (χ0) is 22.2. The van der Waals surface area contributed by atoms with E-state index in [0.29, 0.717) is 17.8 Å². The van der Waals surface area contributed by atoms with E-state index in [1.165, 1.54) is 0 Å². The lowest BCUT2D eigenvalue weighted by Crippen LogP contribution is -2.47. The van der Waals surface area contributed by atoms with Gasteiger partial charge in [-0.15, -0.1) is 0 Å². The minimum atomic E-state index is -0.926. The van der Waals surface area contributed by atoms with Crippen LogP contribution in [0, 0.1) is 0 Å². The first-order valence-electron chi connectivity index (χ1n) is 10.9. The van der Waals surface area contributed by atoms with E-state index in [1.54, 1.807) is 24.3 Å². The van der Waals surface area contributed by atoms with Crippen LogP contribution < -0.4 is 10.6 Å². The van der Waals surface area contributed by atoms with Crippen LogP contribution in [0.2, 0.25) is 0 Å².